The molecule has 0 spiro atoms. The lowest BCUT2D eigenvalue weighted by molar-refractivity contribution is 0.122. The van der Waals surface area contributed by atoms with E-state index in [1.54, 1.807) is 0 Å². The Bertz CT molecular complexity index is 364. The van der Waals surface area contributed by atoms with E-state index in [4.69, 9.17) is 10.00 Å². The molecule has 0 amide bonds. The van der Waals surface area contributed by atoms with Crippen LogP contribution in [0.2, 0.25) is 0 Å². The van der Waals surface area contributed by atoms with Gasteiger partial charge in [-0.2, -0.15) is 5.26 Å². The van der Waals surface area contributed by atoms with E-state index >= 15 is 0 Å². The summed E-state index contributed by atoms with van der Waals surface area (Å²) in [4.78, 5) is 2.30. The molecule has 0 unspecified atom stereocenters. The lowest BCUT2D eigenvalue weighted by atomic mass is 10.1. The molecule has 2 rings (SSSR count). The fourth-order valence-corrected chi connectivity index (χ4v) is 1.78. The normalized spacial score (nSPS) is 16.1. The SMILES string of the molecule is N#CCc1cccc(N2CCOCC2)c1. The Labute approximate surface area is 89.9 Å². The van der Waals surface area contributed by atoms with E-state index in [1.807, 2.05) is 12.1 Å². The first-order chi connectivity index (χ1) is 7.40. The first-order valence-electron chi connectivity index (χ1n) is 5.19. The Balaban J connectivity index is 2.13. The first-order valence-corrected chi connectivity index (χ1v) is 5.19. The molecule has 0 radical (unpaired) electrons. The number of anilines is 1. The fraction of sp³-hybridized carbons (Fsp3) is 0.417. The van der Waals surface area contributed by atoms with Crippen molar-refractivity contribution < 1.29 is 4.74 Å². The topological polar surface area (TPSA) is 36.3 Å². The molecule has 0 bridgehead atoms. The van der Waals surface area contributed by atoms with Gasteiger partial charge in [0.05, 0.1) is 25.7 Å². The molecule has 1 fully saturated rings. The summed E-state index contributed by atoms with van der Waals surface area (Å²) in [5.41, 5.74) is 2.28. The summed E-state index contributed by atoms with van der Waals surface area (Å²) in [7, 11) is 0. The van der Waals surface area contributed by atoms with Gasteiger partial charge in [0.25, 0.3) is 0 Å². The summed E-state index contributed by atoms with van der Waals surface area (Å²) in [6, 6.07) is 10.4. The summed E-state index contributed by atoms with van der Waals surface area (Å²) in [6.07, 6.45) is 0.484. The van der Waals surface area contributed by atoms with Gasteiger partial charge in [-0.1, -0.05) is 12.1 Å². The summed E-state index contributed by atoms with van der Waals surface area (Å²) < 4.78 is 5.30. The second-order valence-electron chi connectivity index (χ2n) is 3.60. The molecule has 3 heteroatoms. The van der Waals surface area contributed by atoms with E-state index in [-0.39, 0.29) is 0 Å². The Hall–Kier alpha value is -1.53. The number of hydrogen-bond acceptors (Lipinski definition) is 3. The van der Waals surface area contributed by atoms with Gasteiger partial charge in [0.2, 0.25) is 0 Å². The summed E-state index contributed by atoms with van der Waals surface area (Å²) in [5.74, 6) is 0. The minimum Gasteiger partial charge on any atom is -0.378 e. The van der Waals surface area contributed by atoms with Crippen LogP contribution in [-0.4, -0.2) is 26.3 Å². The Morgan fingerprint density at radius 2 is 2.13 bits per heavy atom. The molecule has 0 N–H and O–H groups in total. The van der Waals surface area contributed by atoms with Gasteiger partial charge in [0.1, 0.15) is 0 Å². The molecule has 1 aliphatic rings. The quantitative estimate of drug-likeness (QED) is 0.730. The maximum atomic E-state index is 8.64. The number of morpholine rings is 1. The number of ether oxygens (including phenoxy) is 1. The van der Waals surface area contributed by atoms with E-state index in [9.17, 15) is 0 Å². The minimum absolute atomic E-state index is 0.484. The molecule has 0 aromatic heterocycles. The van der Waals surface area contributed by atoms with Gasteiger partial charge in [-0.3, -0.25) is 0 Å². The van der Waals surface area contributed by atoms with Crippen LogP contribution in [0.15, 0.2) is 24.3 Å². The van der Waals surface area contributed by atoms with Gasteiger partial charge >= 0.3 is 0 Å². The molecule has 1 aromatic rings. The molecule has 1 heterocycles. The molecule has 1 saturated heterocycles. The zero-order valence-electron chi connectivity index (χ0n) is 8.65. The highest BCUT2D eigenvalue weighted by Crippen LogP contribution is 2.17. The molecule has 3 nitrogen and oxygen atoms in total. The molecule has 1 aromatic carbocycles. The molecular formula is C12H14N2O. The highest BCUT2D eigenvalue weighted by Gasteiger charge is 2.10. The molecule has 0 aliphatic carbocycles. The van der Waals surface area contributed by atoms with Crippen molar-refractivity contribution in [3.63, 3.8) is 0 Å². The van der Waals surface area contributed by atoms with Gasteiger partial charge < -0.3 is 9.64 Å². The maximum absolute atomic E-state index is 8.64. The predicted molar refractivity (Wildman–Crippen MR) is 58.8 cm³/mol. The van der Waals surface area contributed by atoms with Crippen molar-refractivity contribution in [1.82, 2.24) is 0 Å². The average molecular weight is 202 g/mol. The van der Waals surface area contributed by atoms with Crippen LogP contribution < -0.4 is 4.90 Å². The van der Waals surface area contributed by atoms with Crippen molar-refractivity contribution in [3.05, 3.63) is 29.8 Å². The lowest BCUT2D eigenvalue weighted by Gasteiger charge is -2.29. The fourth-order valence-electron chi connectivity index (χ4n) is 1.78. The lowest BCUT2D eigenvalue weighted by Crippen LogP contribution is -2.36. The Morgan fingerprint density at radius 3 is 2.87 bits per heavy atom. The standard InChI is InChI=1S/C12H14N2O/c13-5-4-11-2-1-3-12(10-11)14-6-8-15-9-7-14/h1-3,10H,4,6-9H2. The van der Waals surface area contributed by atoms with Crippen LogP contribution in [0, 0.1) is 11.3 Å². The molecule has 15 heavy (non-hydrogen) atoms. The van der Waals surface area contributed by atoms with E-state index in [0.717, 1.165) is 31.9 Å². The smallest absolute Gasteiger partial charge is 0.0669 e. The maximum Gasteiger partial charge on any atom is 0.0669 e. The monoisotopic (exact) mass is 202 g/mol. The van der Waals surface area contributed by atoms with Crippen LogP contribution >= 0.6 is 0 Å². The van der Waals surface area contributed by atoms with E-state index in [0.29, 0.717) is 6.42 Å². The van der Waals surface area contributed by atoms with Crippen molar-refractivity contribution in [1.29, 1.82) is 5.26 Å². The second kappa shape index (κ2) is 4.81. The summed E-state index contributed by atoms with van der Waals surface area (Å²) in [6.45, 7) is 3.47. The Morgan fingerprint density at radius 1 is 1.33 bits per heavy atom. The molecule has 78 valence electrons. The van der Waals surface area contributed by atoms with Gasteiger partial charge in [0, 0.05) is 18.8 Å². The highest BCUT2D eigenvalue weighted by atomic mass is 16.5. The third kappa shape index (κ3) is 2.48. The number of hydrogen-bond donors (Lipinski definition) is 0. The first kappa shape index (κ1) is 10.0. The number of benzene rings is 1. The van der Waals surface area contributed by atoms with Gasteiger partial charge in [0.15, 0.2) is 0 Å². The van der Waals surface area contributed by atoms with E-state index in [2.05, 4.69) is 23.1 Å². The van der Waals surface area contributed by atoms with Crippen molar-refractivity contribution in [2.75, 3.05) is 31.2 Å². The third-order valence-electron chi connectivity index (χ3n) is 2.57. The van der Waals surface area contributed by atoms with Gasteiger partial charge in [-0.25, -0.2) is 0 Å². The number of rotatable bonds is 2. The Kier molecular flexibility index (Phi) is 3.21. The molecule has 0 saturated carbocycles. The van der Waals surface area contributed by atoms with Crippen LogP contribution in [0.25, 0.3) is 0 Å². The minimum atomic E-state index is 0.484. The second-order valence-corrected chi connectivity index (χ2v) is 3.60. The third-order valence-corrected chi connectivity index (χ3v) is 2.57. The van der Waals surface area contributed by atoms with Crippen molar-refractivity contribution in [2.24, 2.45) is 0 Å². The predicted octanol–water partition coefficient (Wildman–Crippen LogP) is 1.59. The van der Waals surface area contributed by atoms with Crippen molar-refractivity contribution in [3.8, 4) is 6.07 Å². The van der Waals surface area contributed by atoms with Crippen LogP contribution in [0.4, 0.5) is 5.69 Å². The van der Waals surface area contributed by atoms with Gasteiger partial charge in [-0.15, -0.1) is 0 Å². The van der Waals surface area contributed by atoms with E-state index < -0.39 is 0 Å². The zero-order chi connectivity index (χ0) is 10.5. The molecule has 1 aliphatic heterocycles. The number of nitrogens with zero attached hydrogens (tertiary/aromatic N) is 2. The summed E-state index contributed by atoms with van der Waals surface area (Å²) in [5, 5.41) is 8.64. The number of nitriles is 1. The van der Waals surface area contributed by atoms with Crippen LogP contribution in [-0.2, 0) is 11.2 Å². The van der Waals surface area contributed by atoms with E-state index in [1.165, 1.54) is 5.69 Å². The van der Waals surface area contributed by atoms with Crippen molar-refractivity contribution in [2.45, 2.75) is 6.42 Å². The van der Waals surface area contributed by atoms with Crippen molar-refractivity contribution >= 4 is 5.69 Å². The molecule has 0 atom stereocenters. The van der Waals surface area contributed by atoms with Crippen LogP contribution in [0.3, 0.4) is 0 Å². The van der Waals surface area contributed by atoms with Crippen LogP contribution in [0.1, 0.15) is 5.56 Å². The largest absolute Gasteiger partial charge is 0.378 e. The van der Waals surface area contributed by atoms with Crippen LogP contribution in [0.5, 0.6) is 0 Å². The zero-order valence-corrected chi connectivity index (χ0v) is 8.65. The summed E-state index contributed by atoms with van der Waals surface area (Å²) >= 11 is 0. The molecular weight excluding hydrogens is 188 g/mol. The van der Waals surface area contributed by atoms with Gasteiger partial charge in [-0.05, 0) is 17.7 Å². The highest BCUT2D eigenvalue weighted by molar-refractivity contribution is 5.49. The average Bonchev–Trinajstić information content (AvgIpc) is 2.31.